The zero-order valence-electron chi connectivity index (χ0n) is 30.6. The maximum absolute atomic E-state index is 8.40. The zero-order chi connectivity index (χ0) is 35.0. The number of benzene rings is 4. The molecule has 2 nitrogen and oxygen atoms in total. The summed E-state index contributed by atoms with van der Waals surface area (Å²) in [6.07, 6.45) is 3.84. The molecule has 0 spiro atoms. The minimum Gasteiger partial charge on any atom is 0 e. The van der Waals surface area contributed by atoms with Crippen molar-refractivity contribution in [1.29, 1.82) is 0 Å². The molecule has 5 heteroatoms. The number of thiophene rings is 1. The monoisotopic (exact) mass is 900 g/mol. The summed E-state index contributed by atoms with van der Waals surface area (Å²) in [5, 5.41) is 2.49. The second kappa shape index (κ2) is 15.2. The average Bonchev–Trinajstić information content (AvgIpc) is 3.46. The zero-order valence-corrected chi connectivity index (χ0v) is 34.9. The molecule has 0 saturated carbocycles. The fourth-order valence-electron chi connectivity index (χ4n) is 5.70. The van der Waals surface area contributed by atoms with Crippen molar-refractivity contribution in [1.82, 2.24) is 9.97 Å². The largest absolute Gasteiger partial charge is 0 e. The van der Waals surface area contributed by atoms with Crippen LogP contribution in [0.25, 0.3) is 53.8 Å². The summed E-state index contributed by atoms with van der Waals surface area (Å²) < 4.78 is 12.3. The van der Waals surface area contributed by atoms with Crippen molar-refractivity contribution < 1.29 is 21.5 Å². The Morgan fingerprint density at radius 2 is 1.51 bits per heavy atom. The summed E-state index contributed by atoms with van der Waals surface area (Å²) in [7, 11) is 0. The molecule has 3 aromatic heterocycles. The van der Waals surface area contributed by atoms with E-state index >= 15 is 0 Å². The number of rotatable bonds is 5. The van der Waals surface area contributed by atoms with Gasteiger partial charge in [0.1, 0.15) is 0 Å². The molecule has 0 aliphatic heterocycles. The third-order valence-corrected chi connectivity index (χ3v) is 14.2. The second-order valence-corrected chi connectivity index (χ2v) is 26.3. The van der Waals surface area contributed by atoms with E-state index in [2.05, 4.69) is 121 Å². The van der Waals surface area contributed by atoms with Crippen LogP contribution in [0.4, 0.5) is 0 Å². The summed E-state index contributed by atoms with van der Waals surface area (Å²) in [5.41, 5.74) is 8.89. The molecule has 0 aliphatic carbocycles. The van der Waals surface area contributed by atoms with Crippen LogP contribution in [-0.4, -0.2) is 23.2 Å². The third kappa shape index (κ3) is 8.49. The van der Waals surface area contributed by atoms with Crippen LogP contribution >= 0.6 is 11.3 Å². The quantitative estimate of drug-likeness (QED) is 0.127. The van der Waals surface area contributed by atoms with Crippen LogP contribution in [0.2, 0.25) is 17.3 Å². The van der Waals surface area contributed by atoms with Crippen LogP contribution in [0.3, 0.4) is 0 Å². The third-order valence-electron chi connectivity index (χ3n) is 8.73. The number of hydrogen-bond acceptors (Lipinski definition) is 3. The van der Waals surface area contributed by atoms with Gasteiger partial charge in [-0.15, -0.1) is 23.8 Å². The molecule has 251 valence electrons. The van der Waals surface area contributed by atoms with E-state index in [9.17, 15) is 0 Å². The summed E-state index contributed by atoms with van der Waals surface area (Å²) in [6.45, 7) is 10.6. The number of nitrogens with zero attached hydrogens (tertiary/aromatic N) is 2. The molecule has 4 aromatic carbocycles. The Kier molecular flexibility index (Phi) is 11.0. The Labute approximate surface area is 314 Å². The fraction of sp³-hybridized carbons (Fsp3) is 0.227. The van der Waals surface area contributed by atoms with Crippen LogP contribution in [0, 0.1) is 12.1 Å². The van der Waals surface area contributed by atoms with Crippen molar-refractivity contribution in [3.8, 4) is 33.6 Å². The first-order valence-corrected chi connectivity index (χ1v) is 24.7. The van der Waals surface area contributed by atoms with E-state index in [-0.39, 0.29) is 25.5 Å². The van der Waals surface area contributed by atoms with Crippen LogP contribution in [0.15, 0.2) is 116 Å². The first-order chi connectivity index (χ1) is 23.2. The van der Waals surface area contributed by atoms with Gasteiger partial charge in [0.15, 0.2) is 0 Å². The first kappa shape index (κ1) is 35.4. The van der Waals surface area contributed by atoms with Gasteiger partial charge < -0.3 is 4.98 Å². The second-order valence-electron chi connectivity index (χ2n) is 14.6. The van der Waals surface area contributed by atoms with Gasteiger partial charge in [0.05, 0.1) is 0 Å². The molecule has 0 aliphatic rings. The number of hydrogen-bond donors (Lipinski definition) is 0. The van der Waals surface area contributed by atoms with Crippen molar-refractivity contribution in [3.05, 3.63) is 139 Å². The van der Waals surface area contributed by atoms with E-state index in [1.807, 2.05) is 62.5 Å². The van der Waals surface area contributed by atoms with Gasteiger partial charge in [0, 0.05) is 32.4 Å². The Balaban J connectivity index is 0.000000241. The Hall–Kier alpha value is -3.41. The molecule has 0 atom stereocenters. The van der Waals surface area contributed by atoms with Gasteiger partial charge in [-0.25, -0.2) is 0 Å². The number of aromatic nitrogens is 2. The van der Waals surface area contributed by atoms with Crippen molar-refractivity contribution in [2.45, 2.75) is 63.2 Å². The topological polar surface area (TPSA) is 25.8 Å². The Bertz CT molecular complexity index is 2210. The molecule has 1 radical (unpaired) electrons. The van der Waals surface area contributed by atoms with Crippen molar-refractivity contribution >= 4 is 49.2 Å². The molecule has 7 aromatic rings. The maximum Gasteiger partial charge on any atom is 0 e. The molecule has 0 bridgehead atoms. The fourth-order valence-corrected chi connectivity index (χ4v) is 9.12. The van der Waals surface area contributed by atoms with E-state index in [0.717, 1.165) is 28.1 Å². The average molecular weight is 899 g/mol. The molecule has 3 heterocycles. The minimum absolute atomic E-state index is 0. The Morgan fingerprint density at radius 3 is 2.14 bits per heavy atom. The normalized spacial score (nSPS) is 12.2. The standard InChI is InChI=1S/C30H28NS.C14H16GeN.Ir/c1-19(2)21-15-16-31-27(17-21)26-8-6-7-25-24-14-11-22(18-28(24)32-29(25)26)20-9-12-23(13-10-20)30(3,4)5;1-15(2,3)13-9-10-14(16-11-13)12-7-5-4-6-8-12;/h6-7,9-19H,1-5H3;4-7,9-11H,1-3H3;/q2*-1;/i19D;;. The van der Waals surface area contributed by atoms with Gasteiger partial charge in [0.25, 0.3) is 0 Å². The maximum atomic E-state index is 8.40. The van der Waals surface area contributed by atoms with Crippen LogP contribution < -0.4 is 4.40 Å². The van der Waals surface area contributed by atoms with Gasteiger partial charge in [-0.1, -0.05) is 88.0 Å². The van der Waals surface area contributed by atoms with E-state index in [0.29, 0.717) is 0 Å². The van der Waals surface area contributed by atoms with Gasteiger partial charge in [-0.05, 0) is 55.9 Å². The van der Waals surface area contributed by atoms with Gasteiger partial charge in [-0.2, -0.15) is 11.3 Å². The van der Waals surface area contributed by atoms with Gasteiger partial charge in [0.2, 0.25) is 0 Å². The molecule has 0 saturated heterocycles. The minimum atomic E-state index is -1.72. The predicted molar refractivity (Wildman–Crippen MR) is 211 cm³/mol. The molecule has 49 heavy (non-hydrogen) atoms. The number of pyridine rings is 2. The molecule has 0 N–H and O–H groups in total. The first-order valence-electron chi connectivity index (χ1n) is 17.1. The summed E-state index contributed by atoms with van der Waals surface area (Å²) in [6, 6.07) is 42.7. The molecule has 0 fully saturated rings. The van der Waals surface area contributed by atoms with Crippen molar-refractivity contribution in [2.24, 2.45) is 0 Å². The number of fused-ring (bicyclic) bond motifs is 3. The van der Waals surface area contributed by atoms with E-state index in [1.165, 1.54) is 41.3 Å². The van der Waals surface area contributed by atoms with E-state index in [4.69, 9.17) is 1.37 Å². The summed E-state index contributed by atoms with van der Waals surface area (Å²) in [5.74, 6) is 6.48. The van der Waals surface area contributed by atoms with Gasteiger partial charge >= 0.3 is 99.8 Å². The van der Waals surface area contributed by atoms with E-state index in [1.54, 1.807) is 17.5 Å². The van der Waals surface area contributed by atoms with E-state index < -0.39 is 19.2 Å². The van der Waals surface area contributed by atoms with Gasteiger partial charge in [-0.3, -0.25) is 0 Å². The van der Waals surface area contributed by atoms with Crippen LogP contribution in [0.5, 0.6) is 0 Å². The molecule has 0 amide bonds. The molecular formula is C44H44GeIrN2S-2. The van der Waals surface area contributed by atoms with Crippen molar-refractivity contribution in [2.75, 3.05) is 0 Å². The molecule has 7 rings (SSSR count). The SMILES string of the molecule is [2H]C(C)(C)c1ccnc(-c2[c-]ccc3c2sc2cc(-c4ccc(C(C)(C)C)cc4)ccc23)c1.[CH3][Ge]([CH3])([CH3])[c]1ccc(-c2[c-]cccc2)nc1.[Ir]. The molecular weight excluding hydrogens is 853 g/mol. The van der Waals surface area contributed by atoms with Crippen molar-refractivity contribution in [3.63, 3.8) is 0 Å². The predicted octanol–water partition coefficient (Wildman–Crippen LogP) is 12.1. The smallest absolute Gasteiger partial charge is 0 e. The van der Waals surface area contributed by atoms with Crippen LogP contribution in [0.1, 0.15) is 53.0 Å². The summed E-state index contributed by atoms with van der Waals surface area (Å²) >= 11 is 0.0787. The molecule has 0 unspecified atom stereocenters. The Morgan fingerprint density at radius 1 is 0.755 bits per heavy atom. The summed E-state index contributed by atoms with van der Waals surface area (Å²) in [4.78, 5) is 9.16. The van der Waals surface area contributed by atoms with Crippen LogP contribution in [-0.2, 0) is 25.5 Å².